The van der Waals surface area contributed by atoms with Gasteiger partial charge < -0.3 is 25.4 Å². The molecule has 0 aromatic heterocycles. The Morgan fingerprint density at radius 2 is 1.67 bits per heavy atom. The first-order chi connectivity index (χ1) is 9.51. The zero-order valence-electron chi connectivity index (χ0n) is 12.6. The minimum absolute atomic E-state index is 0.342. The molecule has 9 heteroatoms. The highest BCUT2D eigenvalue weighted by molar-refractivity contribution is 5.88. The Morgan fingerprint density at radius 3 is 2.14 bits per heavy atom. The maximum atomic E-state index is 11.4. The number of aliphatic carboxylic acids is 1. The third-order valence-electron chi connectivity index (χ3n) is 2.03. The Hall–Kier alpha value is -2.32. The van der Waals surface area contributed by atoms with Crippen LogP contribution in [0.3, 0.4) is 0 Å². The largest absolute Gasteiger partial charge is 0.480 e. The Labute approximate surface area is 122 Å². The normalized spacial score (nSPS) is 10.5. The Bertz CT molecular complexity index is 416. The molecule has 0 unspecified atom stereocenters. The fraction of sp³-hybridized carbons (Fsp3) is 0.667. The Morgan fingerprint density at radius 1 is 1.10 bits per heavy atom. The molecule has 0 aromatic rings. The van der Waals surface area contributed by atoms with E-state index in [4.69, 9.17) is 9.84 Å². The standard InChI is InChI=1S/C12H21N3O6/c1-12(2,3)21-11(20)14-5-8(16)13-6-9(17)15(4)7-10(18)19/h5-7H2,1-4H3,(H,13,16)(H,14,20)(H,18,19). The predicted molar refractivity (Wildman–Crippen MR) is 72.5 cm³/mol. The summed E-state index contributed by atoms with van der Waals surface area (Å²) in [5, 5.41) is 13.0. The molecule has 0 fully saturated rings. The van der Waals surface area contributed by atoms with Crippen LogP contribution in [0.5, 0.6) is 0 Å². The highest BCUT2D eigenvalue weighted by Crippen LogP contribution is 2.05. The van der Waals surface area contributed by atoms with E-state index >= 15 is 0 Å². The van der Waals surface area contributed by atoms with E-state index in [2.05, 4.69) is 10.6 Å². The van der Waals surface area contributed by atoms with Gasteiger partial charge >= 0.3 is 12.1 Å². The number of amides is 3. The SMILES string of the molecule is CN(CC(=O)O)C(=O)CNC(=O)CNC(=O)OC(C)(C)C. The second kappa shape index (κ2) is 8.08. The lowest BCUT2D eigenvalue weighted by Crippen LogP contribution is -2.44. The van der Waals surface area contributed by atoms with Crippen LogP contribution in [0.4, 0.5) is 4.79 Å². The van der Waals surface area contributed by atoms with E-state index < -0.39 is 36.0 Å². The summed E-state index contributed by atoms with van der Waals surface area (Å²) in [6.45, 7) is 3.91. The van der Waals surface area contributed by atoms with Crippen molar-refractivity contribution in [1.82, 2.24) is 15.5 Å². The van der Waals surface area contributed by atoms with Gasteiger partial charge in [-0.25, -0.2) is 4.79 Å². The molecule has 0 rings (SSSR count). The second-order valence-electron chi connectivity index (χ2n) is 5.28. The molecule has 3 amide bonds. The van der Waals surface area contributed by atoms with E-state index in [0.717, 1.165) is 4.90 Å². The Balaban J connectivity index is 3.98. The average Bonchev–Trinajstić information content (AvgIpc) is 2.30. The number of nitrogens with zero attached hydrogens (tertiary/aromatic N) is 1. The van der Waals surface area contributed by atoms with Gasteiger partial charge in [-0.15, -0.1) is 0 Å². The molecule has 0 aliphatic heterocycles. The summed E-state index contributed by atoms with van der Waals surface area (Å²) >= 11 is 0. The smallest absolute Gasteiger partial charge is 0.408 e. The lowest BCUT2D eigenvalue weighted by molar-refractivity contribution is -0.143. The second-order valence-corrected chi connectivity index (χ2v) is 5.28. The molecule has 0 aromatic carbocycles. The van der Waals surface area contributed by atoms with Crippen LogP contribution in [0.15, 0.2) is 0 Å². The molecule has 0 saturated carbocycles. The molecule has 120 valence electrons. The van der Waals surface area contributed by atoms with Gasteiger partial charge in [-0.2, -0.15) is 0 Å². The number of likely N-dealkylation sites (N-methyl/N-ethyl adjacent to an activating group) is 1. The number of hydrogen-bond acceptors (Lipinski definition) is 5. The maximum Gasteiger partial charge on any atom is 0.408 e. The average molecular weight is 303 g/mol. The van der Waals surface area contributed by atoms with E-state index in [9.17, 15) is 19.2 Å². The molecule has 0 aliphatic rings. The number of nitrogens with one attached hydrogen (secondary N) is 2. The molecule has 0 spiro atoms. The fourth-order valence-electron chi connectivity index (χ4n) is 1.13. The number of carbonyl (C=O) groups is 4. The van der Waals surface area contributed by atoms with E-state index in [1.54, 1.807) is 20.8 Å². The van der Waals surface area contributed by atoms with Crippen LogP contribution >= 0.6 is 0 Å². The highest BCUT2D eigenvalue weighted by Gasteiger charge is 2.17. The van der Waals surface area contributed by atoms with Gasteiger partial charge in [0.1, 0.15) is 18.7 Å². The van der Waals surface area contributed by atoms with Crippen molar-refractivity contribution in [1.29, 1.82) is 0 Å². The quantitative estimate of drug-likeness (QED) is 0.588. The van der Waals surface area contributed by atoms with Crippen molar-refractivity contribution in [2.45, 2.75) is 26.4 Å². The lowest BCUT2D eigenvalue weighted by atomic mass is 10.2. The summed E-state index contributed by atoms with van der Waals surface area (Å²) in [4.78, 5) is 45.5. The van der Waals surface area contributed by atoms with Crippen LogP contribution < -0.4 is 10.6 Å². The van der Waals surface area contributed by atoms with Gasteiger partial charge in [-0.05, 0) is 20.8 Å². The lowest BCUT2D eigenvalue weighted by Gasteiger charge is -2.19. The van der Waals surface area contributed by atoms with Gasteiger partial charge in [0.2, 0.25) is 11.8 Å². The molecular formula is C12H21N3O6. The molecule has 9 nitrogen and oxygen atoms in total. The molecule has 0 saturated heterocycles. The summed E-state index contributed by atoms with van der Waals surface area (Å²) in [5.74, 6) is -2.29. The number of rotatable bonds is 6. The molecule has 0 aliphatic carbocycles. The van der Waals surface area contributed by atoms with Gasteiger partial charge in [-0.3, -0.25) is 14.4 Å². The van der Waals surface area contributed by atoms with Gasteiger partial charge in [0.15, 0.2) is 0 Å². The monoisotopic (exact) mass is 303 g/mol. The van der Waals surface area contributed by atoms with E-state index in [1.165, 1.54) is 7.05 Å². The summed E-state index contributed by atoms with van der Waals surface area (Å²) in [5.41, 5.74) is -0.671. The van der Waals surface area contributed by atoms with Crippen LogP contribution in [-0.2, 0) is 19.1 Å². The fourth-order valence-corrected chi connectivity index (χ4v) is 1.13. The van der Waals surface area contributed by atoms with Crippen LogP contribution in [0.2, 0.25) is 0 Å². The molecule has 21 heavy (non-hydrogen) atoms. The number of carbonyl (C=O) groups excluding carboxylic acids is 3. The number of alkyl carbamates (subject to hydrolysis) is 1. The first-order valence-electron chi connectivity index (χ1n) is 6.20. The molecule has 0 radical (unpaired) electrons. The minimum atomic E-state index is -1.15. The highest BCUT2D eigenvalue weighted by atomic mass is 16.6. The van der Waals surface area contributed by atoms with Crippen molar-refractivity contribution >= 4 is 23.9 Å². The molecule has 0 bridgehead atoms. The van der Waals surface area contributed by atoms with Crippen LogP contribution in [0, 0.1) is 0 Å². The summed E-state index contributed by atoms with van der Waals surface area (Å²) in [7, 11) is 1.31. The van der Waals surface area contributed by atoms with Crippen molar-refractivity contribution < 1.29 is 29.0 Å². The summed E-state index contributed by atoms with van der Waals surface area (Å²) in [6.07, 6.45) is -0.744. The zero-order valence-corrected chi connectivity index (χ0v) is 12.6. The molecule has 0 atom stereocenters. The zero-order chi connectivity index (χ0) is 16.6. The number of hydrogen-bond donors (Lipinski definition) is 3. The third-order valence-corrected chi connectivity index (χ3v) is 2.03. The van der Waals surface area contributed by atoms with E-state index in [0.29, 0.717) is 0 Å². The van der Waals surface area contributed by atoms with Gasteiger partial charge in [0.05, 0.1) is 6.54 Å². The van der Waals surface area contributed by atoms with E-state index in [1.807, 2.05) is 0 Å². The van der Waals surface area contributed by atoms with Crippen LogP contribution in [0.25, 0.3) is 0 Å². The van der Waals surface area contributed by atoms with Crippen molar-refractivity contribution in [3.8, 4) is 0 Å². The predicted octanol–water partition coefficient (Wildman–Crippen LogP) is -0.830. The topological polar surface area (TPSA) is 125 Å². The molecular weight excluding hydrogens is 282 g/mol. The number of carboxylic acids is 1. The van der Waals surface area contributed by atoms with E-state index in [-0.39, 0.29) is 13.1 Å². The van der Waals surface area contributed by atoms with Crippen molar-refractivity contribution in [2.24, 2.45) is 0 Å². The van der Waals surface area contributed by atoms with Crippen molar-refractivity contribution in [2.75, 3.05) is 26.7 Å². The summed E-state index contributed by atoms with van der Waals surface area (Å²) in [6, 6.07) is 0. The van der Waals surface area contributed by atoms with Gasteiger partial charge in [0.25, 0.3) is 0 Å². The first-order valence-corrected chi connectivity index (χ1v) is 6.20. The molecule has 0 heterocycles. The van der Waals surface area contributed by atoms with Crippen molar-refractivity contribution in [3.05, 3.63) is 0 Å². The Kier molecular flexibility index (Phi) is 7.18. The maximum absolute atomic E-state index is 11.4. The van der Waals surface area contributed by atoms with Crippen LogP contribution in [-0.4, -0.2) is 66.2 Å². The number of ether oxygens (including phenoxy) is 1. The molecule has 3 N–H and O–H groups in total. The minimum Gasteiger partial charge on any atom is -0.480 e. The summed E-state index contributed by atoms with van der Waals surface area (Å²) < 4.78 is 4.93. The van der Waals surface area contributed by atoms with Gasteiger partial charge in [0, 0.05) is 7.05 Å². The van der Waals surface area contributed by atoms with Crippen LogP contribution in [0.1, 0.15) is 20.8 Å². The number of carboxylic acid groups (broad SMARTS) is 1. The van der Waals surface area contributed by atoms with Gasteiger partial charge in [-0.1, -0.05) is 0 Å². The third kappa shape index (κ3) is 10.2. The first kappa shape index (κ1) is 18.7. The van der Waals surface area contributed by atoms with Crippen molar-refractivity contribution in [3.63, 3.8) is 0 Å².